The third-order valence-electron chi connectivity index (χ3n) is 5.14. The van der Waals surface area contributed by atoms with Crippen LogP contribution in [0.5, 0.6) is 0 Å². The maximum atomic E-state index is 12.7. The monoisotopic (exact) mass is 338 g/mol. The Morgan fingerprint density at radius 2 is 1.62 bits per heavy atom. The Morgan fingerprint density at radius 3 is 2.17 bits per heavy atom. The Kier molecular flexibility index (Phi) is 9.73. The van der Waals surface area contributed by atoms with Crippen LogP contribution >= 0.6 is 0 Å². The Hall–Kier alpha value is -1.32. The zero-order valence-electron chi connectivity index (χ0n) is 15.5. The molecule has 0 saturated heterocycles. The molecule has 24 heavy (non-hydrogen) atoms. The van der Waals surface area contributed by atoms with E-state index in [0.29, 0.717) is 18.8 Å². The van der Waals surface area contributed by atoms with E-state index in [0.717, 1.165) is 44.9 Å². The maximum absolute atomic E-state index is 12.7. The summed E-state index contributed by atoms with van der Waals surface area (Å²) in [5.41, 5.74) is 0. The summed E-state index contributed by atoms with van der Waals surface area (Å²) in [6.45, 7) is 6.46. The first kappa shape index (κ1) is 20.7. The van der Waals surface area contributed by atoms with Gasteiger partial charge in [-0.15, -0.1) is 0 Å². The van der Waals surface area contributed by atoms with Crippen molar-refractivity contribution in [3.05, 3.63) is 12.2 Å². The van der Waals surface area contributed by atoms with Crippen molar-refractivity contribution in [1.82, 2.24) is 0 Å². The lowest BCUT2D eigenvalue weighted by Gasteiger charge is -2.30. The van der Waals surface area contributed by atoms with E-state index in [1.54, 1.807) is 0 Å². The molecule has 4 unspecified atom stereocenters. The highest BCUT2D eigenvalue weighted by molar-refractivity contribution is 5.81. The molecule has 138 valence electrons. The number of carboxylic acids is 1. The van der Waals surface area contributed by atoms with Crippen LogP contribution in [0.1, 0.15) is 78.6 Å². The standard InChI is InChI=1S/C20H34O4/c1-4-7-11-15(6-3)18(14-8-5-2)24-20(23)17-13-10-9-12-16(17)19(21)22/h9-10,15-18H,4-8,11-14H2,1-3H3,(H,21,22). The van der Waals surface area contributed by atoms with Gasteiger partial charge in [-0.05, 0) is 38.0 Å². The summed E-state index contributed by atoms with van der Waals surface area (Å²) >= 11 is 0. The molecule has 4 nitrogen and oxygen atoms in total. The highest BCUT2D eigenvalue weighted by Crippen LogP contribution is 2.30. The van der Waals surface area contributed by atoms with Crippen LogP contribution in [0.15, 0.2) is 12.2 Å². The first-order valence-electron chi connectivity index (χ1n) is 9.63. The molecule has 0 bridgehead atoms. The Bertz CT molecular complexity index is 416. The molecule has 0 aromatic rings. The molecule has 4 atom stereocenters. The average molecular weight is 338 g/mol. The number of hydrogen-bond acceptors (Lipinski definition) is 3. The number of carboxylic acid groups (broad SMARTS) is 1. The molecule has 1 rings (SSSR count). The second kappa shape index (κ2) is 11.3. The third-order valence-corrected chi connectivity index (χ3v) is 5.14. The molecule has 1 aliphatic rings. The van der Waals surface area contributed by atoms with E-state index in [2.05, 4.69) is 20.8 Å². The van der Waals surface area contributed by atoms with E-state index in [9.17, 15) is 14.7 Å². The SMILES string of the molecule is CCCCC(CC)C(CCCC)OC(=O)C1CC=CCC1C(=O)O. The fraction of sp³-hybridized carbons (Fsp3) is 0.800. The van der Waals surface area contributed by atoms with Crippen molar-refractivity contribution in [1.29, 1.82) is 0 Å². The van der Waals surface area contributed by atoms with E-state index >= 15 is 0 Å². The molecule has 0 spiro atoms. The first-order chi connectivity index (χ1) is 11.5. The van der Waals surface area contributed by atoms with Gasteiger partial charge in [0, 0.05) is 0 Å². The molecule has 0 radical (unpaired) electrons. The van der Waals surface area contributed by atoms with Crippen molar-refractivity contribution >= 4 is 11.9 Å². The quantitative estimate of drug-likeness (QED) is 0.426. The molecule has 0 amide bonds. The van der Waals surface area contributed by atoms with Crippen LogP contribution in [0.25, 0.3) is 0 Å². The van der Waals surface area contributed by atoms with Gasteiger partial charge in [0.05, 0.1) is 11.8 Å². The highest BCUT2D eigenvalue weighted by Gasteiger charge is 2.36. The van der Waals surface area contributed by atoms with Crippen LogP contribution in [0.4, 0.5) is 0 Å². The molecule has 1 aliphatic carbocycles. The number of rotatable bonds is 11. The lowest BCUT2D eigenvalue weighted by molar-refractivity contribution is -0.164. The molecule has 1 N–H and O–H groups in total. The van der Waals surface area contributed by atoms with Gasteiger partial charge >= 0.3 is 11.9 Å². The smallest absolute Gasteiger partial charge is 0.310 e. The summed E-state index contributed by atoms with van der Waals surface area (Å²) in [7, 11) is 0. The minimum atomic E-state index is -0.899. The van der Waals surface area contributed by atoms with Gasteiger partial charge in [-0.2, -0.15) is 0 Å². The predicted molar refractivity (Wildman–Crippen MR) is 95.7 cm³/mol. The van der Waals surface area contributed by atoms with Gasteiger partial charge in [-0.1, -0.05) is 58.6 Å². The second-order valence-corrected chi connectivity index (χ2v) is 6.92. The van der Waals surface area contributed by atoms with Crippen molar-refractivity contribution in [2.75, 3.05) is 0 Å². The largest absolute Gasteiger partial charge is 0.481 e. The minimum absolute atomic E-state index is 0.0747. The average Bonchev–Trinajstić information content (AvgIpc) is 2.59. The fourth-order valence-electron chi connectivity index (χ4n) is 3.50. The molecule has 0 aliphatic heterocycles. The molecular weight excluding hydrogens is 304 g/mol. The Balaban J connectivity index is 2.77. The Morgan fingerprint density at radius 1 is 1.04 bits per heavy atom. The van der Waals surface area contributed by atoms with Crippen LogP contribution in [-0.4, -0.2) is 23.1 Å². The van der Waals surface area contributed by atoms with Gasteiger partial charge in [0.2, 0.25) is 0 Å². The van der Waals surface area contributed by atoms with Gasteiger partial charge in [0.15, 0.2) is 0 Å². The topological polar surface area (TPSA) is 63.6 Å². The van der Waals surface area contributed by atoms with Gasteiger partial charge in [-0.3, -0.25) is 9.59 Å². The lowest BCUT2D eigenvalue weighted by atomic mass is 9.83. The number of ether oxygens (including phenoxy) is 1. The van der Waals surface area contributed by atoms with Crippen LogP contribution in [-0.2, 0) is 14.3 Å². The minimum Gasteiger partial charge on any atom is -0.481 e. The lowest BCUT2D eigenvalue weighted by Crippen LogP contribution is -2.36. The van der Waals surface area contributed by atoms with Gasteiger partial charge in [0.25, 0.3) is 0 Å². The summed E-state index contributed by atoms with van der Waals surface area (Å²) in [6.07, 6.45) is 11.9. The number of carbonyl (C=O) groups is 2. The maximum Gasteiger partial charge on any atom is 0.310 e. The van der Waals surface area contributed by atoms with E-state index < -0.39 is 17.8 Å². The van der Waals surface area contributed by atoms with Crippen molar-refractivity contribution < 1.29 is 19.4 Å². The van der Waals surface area contributed by atoms with Crippen LogP contribution in [0.2, 0.25) is 0 Å². The number of carbonyl (C=O) groups excluding carboxylic acids is 1. The number of aliphatic carboxylic acids is 1. The molecular formula is C20H34O4. The molecule has 0 aromatic carbocycles. The summed E-state index contributed by atoms with van der Waals surface area (Å²) < 4.78 is 5.89. The molecule has 0 heterocycles. The summed E-state index contributed by atoms with van der Waals surface area (Å²) in [5, 5.41) is 9.36. The number of esters is 1. The molecule has 0 aromatic heterocycles. The normalized spacial score (nSPS) is 22.8. The predicted octanol–water partition coefficient (Wildman–Crippen LogP) is 4.97. The number of hydrogen-bond donors (Lipinski definition) is 1. The van der Waals surface area contributed by atoms with Crippen LogP contribution < -0.4 is 0 Å². The zero-order chi connectivity index (χ0) is 17.9. The summed E-state index contributed by atoms with van der Waals surface area (Å²) in [4.78, 5) is 24.1. The third kappa shape index (κ3) is 6.29. The number of allylic oxidation sites excluding steroid dienone is 2. The van der Waals surface area contributed by atoms with E-state index in [1.165, 1.54) is 0 Å². The van der Waals surface area contributed by atoms with Gasteiger partial charge in [-0.25, -0.2) is 0 Å². The number of unbranched alkanes of at least 4 members (excludes halogenated alkanes) is 2. The molecule has 0 fully saturated rings. The first-order valence-corrected chi connectivity index (χ1v) is 9.63. The van der Waals surface area contributed by atoms with Crippen molar-refractivity contribution in [2.24, 2.45) is 17.8 Å². The van der Waals surface area contributed by atoms with E-state index in [4.69, 9.17) is 4.74 Å². The van der Waals surface area contributed by atoms with Gasteiger partial charge in [0.1, 0.15) is 6.10 Å². The van der Waals surface area contributed by atoms with Crippen LogP contribution in [0, 0.1) is 17.8 Å². The van der Waals surface area contributed by atoms with E-state index in [-0.39, 0.29) is 12.1 Å². The summed E-state index contributed by atoms with van der Waals surface area (Å²) in [5.74, 6) is -2.03. The fourth-order valence-corrected chi connectivity index (χ4v) is 3.50. The zero-order valence-corrected chi connectivity index (χ0v) is 15.5. The molecule has 4 heteroatoms. The second-order valence-electron chi connectivity index (χ2n) is 6.92. The Labute approximate surface area is 146 Å². The van der Waals surface area contributed by atoms with Crippen molar-refractivity contribution in [2.45, 2.75) is 84.7 Å². The van der Waals surface area contributed by atoms with E-state index in [1.807, 2.05) is 12.2 Å². The van der Waals surface area contributed by atoms with Crippen LogP contribution in [0.3, 0.4) is 0 Å². The molecule has 0 saturated carbocycles. The van der Waals surface area contributed by atoms with Gasteiger partial charge < -0.3 is 9.84 Å². The van der Waals surface area contributed by atoms with Crippen molar-refractivity contribution in [3.8, 4) is 0 Å². The highest BCUT2D eigenvalue weighted by atomic mass is 16.5. The van der Waals surface area contributed by atoms with Crippen molar-refractivity contribution in [3.63, 3.8) is 0 Å². The summed E-state index contributed by atoms with van der Waals surface area (Å²) in [6, 6.07) is 0.